The van der Waals surface area contributed by atoms with Crippen molar-refractivity contribution in [3.05, 3.63) is 33.3 Å². The zero-order valence-electron chi connectivity index (χ0n) is 10.7. The third-order valence-electron chi connectivity index (χ3n) is 2.76. The summed E-state index contributed by atoms with van der Waals surface area (Å²) in [7, 11) is 1.65. The summed E-state index contributed by atoms with van der Waals surface area (Å²) in [6.07, 6.45) is 0.766. The molecule has 0 fully saturated rings. The van der Waals surface area contributed by atoms with Gasteiger partial charge in [-0.3, -0.25) is 10.1 Å². The molecule has 0 aromatic heterocycles. The van der Waals surface area contributed by atoms with E-state index in [9.17, 15) is 10.1 Å². The molecule has 0 heterocycles. The zero-order chi connectivity index (χ0) is 13.8. The number of non-ortho nitro benzene ring substituents is 1. The van der Waals surface area contributed by atoms with E-state index in [1.807, 2.05) is 13.8 Å². The summed E-state index contributed by atoms with van der Waals surface area (Å²) in [5, 5.41) is 14.2. The molecule has 0 aliphatic carbocycles. The molecular weight excluding hydrogens is 256 g/mol. The molecule has 1 aromatic carbocycles. The highest BCUT2D eigenvalue weighted by Gasteiger charge is 2.16. The predicted octanol–water partition coefficient (Wildman–Crippen LogP) is 3.48. The van der Waals surface area contributed by atoms with Crippen LogP contribution in [0.3, 0.4) is 0 Å². The number of ether oxygens (including phenoxy) is 1. The van der Waals surface area contributed by atoms with Gasteiger partial charge in [0, 0.05) is 25.8 Å². The van der Waals surface area contributed by atoms with Gasteiger partial charge in [0.25, 0.3) is 5.69 Å². The Morgan fingerprint density at radius 1 is 1.50 bits per heavy atom. The minimum Gasteiger partial charge on any atom is -0.384 e. The Balaban J connectivity index is 2.67. The van der Waals surface area contributed by atoms with Crippen LogP contribution in [-0.4, -0.2) is 24.2 Å². The van der Waals surface area contributed by atoms with Crippen molar-refractivity contribution < 1.29 is 9.66 Å². The Kier molecular flexibility index (Phi) is 4.93. The molecule has 0 aliphatic rings. The minimum atomic E-state index is -0.444. The number of anilines is 1. The van der Waals surface area contributed by atoms with Crippen LogP contribution in [-0.2, 0) is 4.74 Å². The van der Waals surface area contributed by atoms with Gasteiger partial charge in [-0.15, -0.1) is 0 Å². The summed E-state index contributed by atoms with van der Waals surface area (Å²) in [5.74, 6) is 0. The minimum absolute atomic E-state index is 0.0212. The first kappa shape index (κ1) is 14.7. The maximum Gasteiger partial charge on any atom is 0.271 e. The molecule has 0 spiro atoms. The van der Waals surface area contributed by atoms with Gasteiger partial charge in [-0.1, -0.05) is 11.6 Å². The van der Waals surface area contributed by atoms with Crippen LogP contribution in [0.1, 0.15) is 20.3 Å². The number of halogens is 1. The van der Waals surface area contributed by atoms with Crippen LogP contribution >= 0.6 is 11.6 Å². The second-order valence-corrected chi connectivity index (χ2v) is 4.97. The van der Waals surface area contributed by atoms with E-state index in [4.69, 9.17) is 16.3 Å². The molecular formula is C12H17ClN2O3. The Hall–Kier alpha value is -1.33. The van der Waals surface area contributed by atoms with Crippen LogP contribution in [0.15, 0.2) is 18.2 Å². The van der Waals surface area contributed by atoms with Crippen molar-refractivity contribution in [1.82, 2.24) is 0 Å². The lowest BCUT2D eigenvalue weighted by atomic mass is 10.1. The first-order valence-electron chi connectivity index (χ1n) is 5.59. The van der Waals surface area contributed by atoms with Crippen LogP contribution in [0.25, 0.3) is 0 Å². The molecule has 1 N–H and O–H groups in total. The lowest BCUT2D eigenvalue weighted by Crippen LogP contribution is -2.25. The summed E-state index contributed by atoms with van der Waals surface area (Å²) < 4.78 is 5.29. The van der Waals surface area contributed by atoms with Gasteiger partial charge < -0.3 is 10.1 Å². The number of hydrogen-bond donors (Lipinski definition) is 1. The Morgan fingerprint density at radius 2 is 2.17 bits per heavy atom. The number of nitrogens with zero attached hydrogens (tertiary/aromatic N) is 1. The van der Waals surface area contributed by atoms with E-state index in [2.05, 4.69) is 5.32 Å². The fraction of sp³-hybridized carbons (Fsp3) is 0.500. The molecule has 18 heavy (non-hydrogen) atoms. The number of benzene rings is 1. The molecule has 0 bridgehead atoms. The molecule has 0 saturated carbocycles. The fourth-order valence-corrected chi connectivity index (χ4v) is 1.55. The normalized spacial score (nSPS) is 11.3. The topological polar surface area (TPSA) is 64.4 Å². The van der Waals surface area contributed by atoms with E-state index in [-0.39, 0.29) is 11.3 Å². The number of nitrogens with one attached hydrogen (secondary N) is 1. The Bertz CT molecular complexity index is 435. The average molecular weight is 273 g/mol. The lowest BCUT2D eigenvalue weighted by Gasteiger charge is -2.23. The second kappa shape index (κ2) is 6.02. The Labute approximate surface area is 111 Å². The summed E-state index contributed by atoms with van der Waals surface area (Å²) in [4.78, 5) is 10.2. The van der Waals surface area contributed by atoms with E-state index < -0.39 is 4.92 Å². The highest BCUT2D eigenvalue weighted by molar-refractivity contribution is 6.33. The maximum atomic E-state index is 10.7. The van der Waals surface area contributed by atoms with Crippen LogP contribution in [0.4, 0.5) is 11.4 Å². The molecule has 0 amide bonds. The zero-order valence-corrected chi connectivity index (χ0v) is 11.5. The van der Waals surface area contributed by atoms with Crippen molar-refractivity contribution in [2.24, 2.45) is 0 Å². The van der Waals surface area contributed by atoms with E-state index in [1.54, 1.807) is 7.11 Å². The van der Waals surface area contributed by atoms with Crippen LogP contribution in [0, 0.1) is 10.1 Å². The monoisotopic (exact) mass is 272 g/mol. The molecule has 0 atom stereocenters. The van der Waals surface area contributed by atoms with Gasteiger partial charge in [0.15, 0.2) is 0 Å². The number of rotatable bonds is 6. The molecule has 5 nitrogen and oxygen atoms in total. The number of methoxy groups -OCH3 is 1. The van der Waals surface area contributed by atoms with Crippen LogP contribution in [0.2, 0.25) is 5.02 Å². The van der Waals surface area contributed by atoms with Gasteiger partial charge in [0.1, 0.15) is 0 Å². The van der Waals surface area contributed by atoms with Crippen molar-refractivity contribution in [1.29, 1.82) is 0 Å². The first-order valence-corrected chi connectivity index (χ1v) is 5.96. The number of nitro benzene ring substituents is 1. The predicted molar refractivity (Wildman–Crippen MR) is 72.3 cm³/mol. The molecule has 1 aromatic rings. The Morgan fingerprint density at radius 3 is 2.72 bits per heavy atom. The van der Waals surface area contributed by atoms with Gasteiger partial charge in [-0.2, -0.15) is 0 Å². The van der Waals surface area contributed by atoms with Crippen molar-refractivity contribution >= 4 is 23.0 Å². The van der Waals surface area contributed by atoms with Crippen LogP contribution < -0.4 is 5.32 Å². The van der Waals surface area contributed by atoms with Gasteiger partial charge in [-0.25, -0.2) is 0 Å². The van der Waals surface area contributed by atoms with Gasteiger partial charge in [0.05, 0.1) is 21.2 Å². The van der Waals surface area contributed by atoms with Crippen molar-refractivity contribution in [2.45, 2.75) is 25.9 Å². The molecule has 0 aliphatic heterocycles. The smallest absolute Gasteiger partial charge is 0.271 e. The van der Waals surface area contributed by atoms with Gasteiger partial charge >= 0.3 is 0 Å². The van der Waals surface area contributed by atoms with E-state index in [0.717, 1.165) is 6.42 Å². The fourth-order valence-electron chi connectivity index (χ4n) is 1.36. The van der Waals surface area contributed by atoms with Crippen molar-refractivity contribution in [3.63, 3.8) is 0 Å². The molecule has 6 heteroatoms. The summed E-state index contributed by atoms with van der Waals surface area (Å²) >= 11 is 5.97. The number of nitro groups is 1. The highest BCUT2D eigenvalue weighted by Crippen LogP contribution is 2.27. The summed E-state index contributed by atoms with van der Waals surface area (Å²) in [6.45, 7) is 4.58. The summed E-state index contributed by atoms with van der Waals surface area (Å²) in [5.41, 5.74) is 0.353. The van der Waals surface area contributed by atoms with Gasteiger partial charge in [-0.05, 0) is 26.3 Å². The second-order valence-electron chi connectivity index (χ2n) is 4.56. The third-order valence-corrected chi connectivity index (χ3v) is 3.09. The largest absolute Gasteiger partial charge is 0.384 e. The van der Waals surface area contributed by atoms with E-state index in [0.29, 0.717) is 17.3 Å². The summed E-state index contributed by atoms with van der Waals surface area (Å²) in [6, 6.07) is 4.33. The molecule has 0 saturated heterocycles. The SMILES string of the molecule is COC(C)(C)CCNc1cc([N+](=O)[O-])ccc1Cl. The maximum absolute atomic E-state index is 10.7. The molecule has 0 unspecified atom stereocenters. The van der Waals surface area contributed by atoms with Crippen molar-refractivity contribution in [3.8, 4) is 0 Å². The van der Waals surface area contributed by atoms with E-state index >= 15 is 0 Å². The number of hydrogen-bond acceptors (Lipinski definition) is 4. The van der Waals surface area contributed by atoms with Gasteiger partial charge in [0.2, 0.25) is 0 Å². The van der Waals surface area contributed by atoms with Crippen molar-refractivity contribution in [2.75, 3.05) is 19.0 Å². The quantitative estimate of drug-likeness (QED) is 0.636. The molecule has 1 rings (SSSR count). The third kappa shape index (κ3) is 4.16. The molecule has 100 valence electrons. The van der Waals surface area contributed by atoms with Crippen LogP contribution in [0.5, 0.6) is 0 Å². The lowest BCUT2D eigenvalue weighted by molar-refractivity contribution is -0.384. The average Bonchev–Trinajstić information content (AvgIpc) is 2.31. The van der Waals surface area contributed by atoms with E-state index in [1.165, 1.54) is 18.2 Å². The standard InChI is InChI=1S/C12H17ClN2O3/c1-12(2,18-3)6-7-14-11-8-9(15(16)17)4-5-10(11)13/h4-5,8,14H,6-7H2,1-3H3. The first-order chi connectivity index (χ1) is 8.35. The highest BCUT2D eigenvalue weighted by atomic mass is 35.5. The molecule has 0 radical (unpaired) electrons.